The van der Waals surface area contributed by atoms with Crippen LogP contribution in [0, 0.1) is 11.2 Å². The molecule has 1 aromatic carbocycles. The van der Waals surface area contributed by atoms with Crippen molar-refractivity contribution in [3.05, 3.63) is 35.6 Å². The molecule has 0 heterocycles. The third-order valence-electron chi connectivity index (χ3n) is 5.09. The zero-order valence-corrected chi connectivity index (χ0v) is 13.4. The number of aliphatic hydroxyl groups excluding tert-OH is 1. The molecule has 0 spiro atoms. The second kappa shape index (κ2) is 5.97. The molecular formula is C17H25FN2O2. The lowest BCUT2D eigenvalue weighted by Gasteiger charge is -2.56. The lowest BCUT2D eigenvalue weighted by molar-refractivity contribution is -0.159. The van der Waals surface area contributed by atoms with Crippen LogP contribution < -0.4 is 11.1 Å². The Hall–Kier alpha value is -1.46. The highest BCUT2D eigenvalue weighted by Gasteiger charge is 2.61. The lowest BCUT2D eigenvalue weighted by atomic mass is 9.54. The Kier molecular flexibility index (Phi) is 4.59. The van der Waals surface area contributed by atoms with Crippen LogP contribution in [0.5, 0.6) is 0 Å². The van der Waals surface area contributed by atoms with E-state index in [-0.39, 0.29) is 24.2 Å². The first-order chi connectivity index (χ1) is 10.2. The van der Waals surface area contributed by atoms with Crippen molar-refractivity contribution >= 4 is 5.91 Å². The van der Waals surface area contributed by atoms with E-state index in [2.05, 4.69) is 5.32 Å². The SMILES string of the molecule is CC(CCc1ccccc1F)NC(=O)[C@@]1(N)C[C@H](O)C1(C)C. The number of benzene rings is 1. The molecule has 1 aliphatic carbocycles. The van der Waals surface area contributed by atoms with E-state index in [0.29, 0.717) is 18.4 Å². The third kappa shape index (κ3) is 2.88. The summed E-state index contributed by atoms with van der Waals surface area (Å²) in [5.74, 6) is -0.469. The van der Waals surface area contributed by atoms with Crippen LogP contribution in [0.4, 0.5) is 4.39 Å². The highest BCUT2D eigenvalue weighted by atomic mass is 19.1. The van der Waals surface area contributed by atoms with Gasteiger partial charge in [-0.25, -0.2) is 4.39 Å². The van der Waals surface area contributed by atoms with Gasteiger partial charge in [-0.05, 0) is 31.4 Å². The quantitative estimate of drug-likeness (QED) is 0.776. The van der Waals surface area contributed by atoms with Crippen molar-refractivity contribution in [2.24, 2.45) is 11.1 Å². The minimum absolute atomic E-state index is 0.110. The molecule has 1 aliphatic rings. The maximum absolute atomic E-state index is 13.6. The van der Waals surface area contributed by atoms with Crippen LogP contribution in [0.1, 0.15) is 39.2 Å². The van der Waals surface area contributed by atoms with Crippen LogP contribution in [-0.2, 0) is 11.2 Å². The second-order valence-corrected chi connectivity index (χ2v) is 6.92. The van der Waals surface area contributed by atoms with Crippen LogP contribution in [-0.4, -0.2) is 28.7 Å². The molecule has 1 saturated carbocycles. The molecule has 1 amide bonds. The van der Waals surface area contributed by atoms with Gasteiger partial charge in [-0.15, -0.1) is 0 Å². The predicted molar refractivity (Wildman–Crippen MR) is 83.6 cm³/mol. The van der Waals surface area contributed by atoms with Crippen molar-refractivity contribution in [2.45, 2.75) is 57.7 Å². The number of halogens is 1. The van der Waals surface area contributed by atoms with E-state index in [4.69, 9.17) is 5.73 Å². The number of carbonyl (C=O) groups is 1. The number of nitrogens with two attached hydrogens (primary N) is 1. The summed E-state index contributed by atoms with van der Waals surface area (Å²) in [6, 6.07) is 6.54. The first-order valence-corrected chi connectivity index (χ1v) is 7.70. The van der Waals surface area contributed by atoms with Gasteiger partial charge in [-0.3, -0.25) is 4.79 Å². The normalized spacial score (nSPS) is 27.8. The summed E-state index contributed by atoms with van der Waals surface area (Å²) in [4.78, 5) is 12.4. The molecule has 1 fully saturated rings. The molecule has 0 aromatic heterocycles. The standard InChI is InChI=1S/C17H25FN2O2/c1-11(8-9-12-6-4-5-7-13(12)18)20-15(22)17(19)10-14(21)16(17,2)3/h4-7,11,14,21H,8-10,19H2,1-3H3,(H,20,22)/t11?,14-,17-/m0/s1. The number of aryl methyl sites for hydroxylation is 1. The number of nitrogens with one attached hydrogen (secondary N) is 1. The average molecular weight is 308 g/mol. The van der Waals surface area contributed by atoms with Crippen molar-refractivity contribution < 1.29 is 14.3 Å². The van der Waals surface area contributed by atoms with Gasteiger partial charge < -0.3 is 16.2 Å². The summed E-state index contributed by atoms with van der Waals surface area (Å²) < 4.78 is 13.6. The van der Waals surface area contributed by atoms with Gasteiger partial charge in [0.2, 0.25) is 5.91 Å². The van der Waals surface area contributed by atoms with Crippen molar-refractivity contribution in [3.63, 3.8) is 0 Å². The summed E-state index contributed by atoms with van der Waals surface area (Å²) in [6.45, 7) is 5.47. The molecule has 122 valence electrons. The van der Waals surface area contributed by atoms with Crippen molar-refractivity contribution in [1.82, 2.24) is 5.32 Å². The van der Waals surface area contributed by atoms with Gasteiger partial charge in [0, 0.05) is 17.9 Å². The van der Waals surface area contributed by atoms with Gasteiger partial charge >= 0.3 is 0 Å². The van der Waals surface area contributed by atoms with Gasteiger partial charge in [-0.2, -0.15) is 0 Å². The Bertz CT molecular complexity index is 561. The Labute approximate surface area is 130 Å². The van der Waals surface area contributed by atoms with Crippen molar-refractivity contribution in [2.75, 3.05) is 0 Å². The molecule has 0 aliphatic heterocycles. The maximum Gasteiger partial charge on any atom is 0.241 e. The first kappa shape index (κ1) is 16.9. The zero-order chi connectivity index (χ0) is 16.5. The highest BCUT2D eigenvalue weighted by molar-refractivity contribution is 5.89. The maximum atomic E-state index is 13.6. The summed E-state index contributed by atoms with van der Waals surface area (Å²) in [6.07, 6.45) is 0.895. The molecular weight excluding hydrogens is 283 g/mol. The van der Waals surface area contributed by atoms with Gasteiger partial charge in [0.1, 0.15) is 11.4 Å². The average Bonchev–Trinajstić information content (AvgIpc) is 2.46. The Morgan fingerprint density at radius 3 is 2.68 bits per heavy atom. The molecule has 5 heteroatoms. The summed E-state index contributed by atoms with van der Waals surface area (Å²) in [7, 11) is 0. The first-order valence-electron chi connectivity index (χ1n) is 7.70. The lowest BCUT2D eigenvalue weighted by Crippen LogP contribution is -2.75. The third-order valence-corrected chi connectivity index (χ3v) is 5.09. The van der Waals surface area contributed by atoms with Gasteiger partial charge in [0.15, 0.2) is 0 Å². The number of hydrogen-bond acceptors (Lipinski definition) is 3. The highest BCUT2D eigenvalue weighted by Crippen LogP contribution is 2.48. The molecule has 4 N–H and O–H groups in total. The second-order valence-electron chi connectivity index (χ2n) is 6.92. The fourth-order valence-corrected chi connectivity index (χ4v) is 2.87. The number of aliphatic hydroxyl groups is 1. The molecule has 0 bridgehead atoms. The summed E-state index contributed by atoms with van der Waals surface area (Å²) in [5, 5.41) is 12.7. The molecule has 22 heavy (non-hydrogen) atoms. The van der Waals surface area contributed by atoms with E-state index >= 15 is 0 Å². The smallest absolute Gasteiger partial charge is 0.241 e. The van der Waals surface area contributed by atoms with E-state index < -0.39 is 17.1 Å². The minimum Gasteiger partial charge on any atom is -0.392 e. The molecule has 4 nitrogen and oxygen atoms in total. The Morgan fingerprint density at radius 1 is 1.50 bits per heavy atom. The fraction of sp³-hybridized carbons (Fsp3) is 0.588. The van der Waals surface area contributed by atoms with Gasteiger partial charge in [-0.1, -0.05) is 32.0 Å². The monoisotopic (exact) mass is 308 g/mol. The Balaban J connectivity index is 1.89. The largest absolute Gasteiger partial charge is 0.392 e. The van der Waals surface area contributed by atoms with E-state index in [1.54, 1.807) is 32.0 Å². The van der Waals surface area contributed by atoms with Gasteiger partial charge in [0.05, 0.1) is 6.10 Å². The fourth-order valence-electron chi connectivity index (χ4n) is 2.87. The van der Waals surface area contributed by atoms with Crippen LogP contribution in [0.15, 0.2) is 24.3 Å². The van der Waals surface area contributed by atoms with E-state index in [0.717, 1.165) is 0 Å². The molecule has 2 rings (SSSR count). The number of carbonyl (C=O) groups excluding carboxylic acids is 1. The molecule has 1 unspecified atom stereocenters. The predicted octanol–water partition coefficient (Wildman–Crippen LogP) is 1.75. The van der Waals surface area contributed by atoms with Crippen LogP contribution in [0.25, 0.3) is 0 Å². The topological polar surface area (TPSA) is 75.4 Å². The van der Waals surface area contributed by atoms with Crippen molar-refractivity contribution in [1.29, 1.82) is 0 Å². The molecule has 0 saturated heterocycles. The van der Waals surface area contributed by atoms with Gasteiger partial charge in [0.25, 0.3) is 0 Å². The number of hydrogen-bond donors (Lipinski definition) is 3. The molecule has 3 atom stereocenters. The van der Waals surface area contributed by atoms with E-state index in [1.807, 2.05) is 6.92 Å². The van der Waals surface area contributed by atoms with Crippen LogP contribution in [0.3, 0.4) is 0 Å². The number of amides is 1. The molecule has 1 aromatic rings. The summed E-state index contributed by atoms with van der Waals surface area (Å²) in [5.41, 5.74) is 5.13. The minimum atomic E-state index is -1.04. The molecule has 0 radical (unpaired) electrons. The Morgan fingerprint density at radius 2 is 2.14 bits per heavy atom. The van der Waals surface area contributed by atoms with Crippen LogP contribution in [0.2, 0.25) is 0 Å². The van der Waals surface area contributed by atoms with Crippen LogP contribution >= 0.6 is 0 Å². The number of rotatable bonds is 5. The summed E-state index contributed by atoms with van der Waals surface area (Å²) >= 11 is 0. The van der Waals surface area contributed by atoms with E-state index in [1.165, 1.54) is 6.07 Å². The van der Waals surface area contributed by atoms with E-state index in [9.17, 15) is 14.3 Å². The zero-order valence-electron chi connectivity index (χ0n) is 13.4. The van der Waals surface area contributed by atoms with Crippen molar-refractivity contribution in [3.8, 4) is 0 Å².